The van der Waals surface area contributed by atoms with Gasteiger partial charge in [0.2, 0.25) is 0 Å². The van der Waals surface area contributed by atoms with Crippen LogP contribution in [0.15, 0.2) is 41.8 Å². The summed E-state index contributed by atoms with van der Waals surface area (Å²) in [5.41, 5.74) is 4.40. The third kappa shape index (κ3) is 3.46. The molecule has 7 heteroatoms. The van der Waals surface area contributed by atoms with E-state index < -0.39 is 0 Å². The molecule has 1 N–H and O–H groups in total. The molecule has 0 aliphatic rings. The van der Waals surface area contributed by atoms with E-state index in [0.29, 0.717) is 17.8 Å². The molecule has 5 nitrogen and oxygen atoms in total. The first-order valence-electron chi connectivity index (χ1n) is 9.54. The number of halogens is 1. The zero-order valence-corrected chi connectivity index (χ0v) is 17.7. The van der Waals surface area contributed by atoms with Gasteiger partial charge in [-0.2, -0.15) is 5.10 Å². The van der Waals surface area contributed by atoms with Gasteiger partial charge in [-0.1, -0.05) is 18.2 Å². The number of aryl methyl sites for hydroxylation is 1. The van der Waals surface area contributed by atoms with Crippen molar-refractivity contribution in [2.75, 3.05) is 5.32 Å². The largest absolute Gasteiger partial charge is 0.331 e. The van der Waals surface area contributed by atoms with Crippen molar-refractivity contribution >= 4 is 33.1 Å². The van der Waals surface area contributed by atoms with Gasteiger partial charge in [0.05, 0.1) is 33.8 Å². The van der Waals surface area contributed by atoms with E-state index in [4.69, 9.17) is 0 Å². The fourth-order valence-corrected chi connectivity index (χ4v) is 4.48. The van der Waals surface area contributed by atoms with Crippen molar-refractivity contribution in [3.8, 4) is 0 Å². The lowest BCUT2D eigenvalue weighted by molar-refractivity contribution is 0.101. The molecule has 4 rings (SSSR count). The second-order valence-electron chi connectivity index (χ2n) is 7.42. The van der Waals surface area contributed by atoms with E-state index in [1.807, 2.05) is 40.6 Å². The maximum Gasteiger partial charge on any atom is 0.272 e. The van der Waals surface area contributed by atoms with Crippen LogP contribution in [0.5, 0.6) is 0 Å². The summed E-state index contributed by atoms with van der Waals surface area (Å²) >= 11 is 1.56. The number of aromatic nitrogens is 3. The molecule has 0 spiro atoms. The Morgan fingerprint density at radius 3 is 2.69 bits per heavy atom. The molecule has 1 aromatic carbocycles. The van der Waals surface area contributed by atoms with Gasteiger partial charge in [0, 0.05) is 11.6 Å². The quantitative estimate of drug-likeness (QED) is 0.470. The summed E-state index contributed by atoms with van der Waals surface area (Å²) in [6, 6.07) is 10.7. The molecule has 150 valence electrons. The molecule has 1 amide bonds. The van der Waals surface area contributed by atoms with E-state index in [1.165, 1.54) is 6.07 Å². The van der Waals surface area contributed by atoms with Gasteiger partial charge in [0.15, 0.2) is 0 Å². The maximum atomic E-state index is 14.2. The average Bonchev–Trinajstić information content (AvgIpc) is 3.34. The molecule has 0 bridgehead atoms. The van der Waals surface area contributed by atoms with Crippen LogP contribution in [0.25, 0.3) is 10.2 Å². The number of fused-ring (bicyclic) bond motifs is 1. The van der Waals surface area contributed by atoms with E-state index >= 15 is 0 Å². The molecule has 3 aromatic heterocycles. The lowest BCUT2D eigenvalue weighted by atomic mass is 10.2. The molecule has 0 saturated carbocycles. The lowest BCUT2D eigenvalue weighted by Crippen LogP contribution is -2.18. The van der Waals surface area contributed by atoms with Crippen LogP contribution in [0.1, 0.15) is 47.3 Å². The highest BCUT2D eigenvalue weighted by Crippen LogP contribution is 2.28. The molecule has 0 unspecified atom stereocenters. The molecule has 0 radical (unpaired) electrons. The Labute approximate surface area is 172 Å². The second kappa shape index (κ2) is 7.48. The Kier molecular flexibility index (Phi) is 5.00. The molecule has 0 atom stereocenters. The molecule has 29 heavy (non-hydrogen) atoms. The minimum absolute atomic E-state index is 0.203. The third-order valence-corrected chi connectivity index (χ3v) is 5.95. The van der Waals surface area contributed by atoms with E-state index in [9.17, 15) is 9.18 Å². The standard InChI is InChI=1S/C22H23FN4OS/c1-13(2)27-15(4)21(14(3)25-27)24-22(28)19-11-20-18(9-10-29-20)26(19)12-16-7-5-6-8-17(16)23/h5-11,13H,12H2,1-4H3,(H,24,28). The normalized spacial score (nSPS) is 11.5. The number of rotatable bonds is 5. The summed E-state index contributed by atoms with van der Waals surface area (Å²) in [5.74, 6) is -0.500. The summed E-state index contributed by atoms with van der Waals surface area (Å²) in [5, 5.41) is 9.55. The molecular weight excluding hydrogens is 387 g/mol. The van der Waals surface area contributed by atoms with Crippen molar-refractivity contribution in [2.24, 2.45) is 0 Å². The lowest BCUT2D eigenvalue weighted by Gasteiger charge is -2.12. The summed E-state index contributed by atoms with van der Waals surface area (Å²) in [4.78, 5) is 13.2. The number of nitrogens with one attached hydrogen (secondary N) is 1. The van der Waals surface area contributed by atoms with Gasteiger partial charge >= 0.3 is 0 Å². The summed E-state index contributed by atoms with van der Waals surface area (Å²) in [6.45, 7) is 8.24. The van der Waals surface area contributed by atoms with Crippen molar-refractivity contribution in [2.45, 2.75) is 40.3 Å². The zero-order valence-electron chi connectivity index (χ0n) is 16.9. The first-order valence-corrected chi connectivity index (χ1v) is 10.4. The Balaban J connectivity index is 1.72. The van der Waals surface area contributed by atoms with Crippen LogP contribution in [-0.4, -0.2) is 20.3 Å². The highest BCUT2D eigenvalue weighted by Gasteiger charge is 2.21. The highest BCUT2D eigenvalue weighted by atomic mass is 32.1. The van der Waals surface area contributed by atoms with Gasteiger partial charge in [-0.15, -0.1) is 11.3 Å². The van der Waals surface area contributed by atoms with Gasteiger partial charge in [0.25, 0.3) is 5.91 Å². The van der Waals surface area contributed by atoms with Gasteiger partial charge in [-0.25, -0.2) is 4.39 Å². The van der Waals surface area contributed by atoms with Gasteiger partial charge < -0.3 is 9.88 Å². The van der Waals surface area contributed by atoms with Crippen molar-refractivity contribution in [1.82, 2.24) is 14.3 Å². The number of carbonyl (C=O) groups excluding carboxylic acids is 1. The van der Waals surface area contributed by atoms with Gasteiger partial charge in [-0.05, 0) is 51.3 Å². The Morgan fingerprint density at radius 2 is 2.00 bits per heavy atom. The van der Waals surface area contributed by atoms with E-state index in [-0.39, 0.29) is 17.8 Å². The van der Waals surface area contributed by atoms with Crippen molar-refractivity contribution in [1.29, 1.82) is 0 Å². The average molecular weight is 411 g/mol. The maximum absolute atomic E-state index is 14.2. The van der Waals surface area contributed by atoms with Crippen LogP contribution in [0.4, 0.5) is 10.1 Å². The van der Waals surface area contributed by atoms with Crippen LogP contribution < -0.4 is 5.32 Å². The fourth-order valence-electron chi connectivity index (χ4n) is 3.66. The number of thiophene rings is 1. The topological polar surface area (TPSA) is 51.9 Å². The first-order chi connectivity index (χ1) is 13.9. The third-order valence-electron chi connectivity index (χ3n) is 5.09. The molecule has 0 aliphatic heterocycles. The number of carbonyl (C=O) groups is 1. The van der Waals surface area contributed by atoms with E-state index in [1.54, 1.807) is 29.5 Å². The van der Waals surface area contributed by atoms with Crippen LogP contribution in [0.3, 0.4) is 0 Å². The van der Waals surface area contributed by atoms with E-state index in [2.05, 4.69) is 24.3 Å². The Hall–Kier alpha value is -2.93. The Morgan fingerprint density at radius 1 is 1.24 bits per heavy atom. The van der Waals surface area contributed by atoms with Crippen LogP contribution >= 0.6 is 11.3 Å². The number of hydrogen-bond donors (Lipinski definition) is 1. The number of nitrogens with zero attached hydrogens (tertiary/aromatic N) is 3. The molecular formula is C22H23FN4OS. The first kappa shape index (κ1) is 19.4. The van der Waals surface area contributed by atoms with E-state index in [0.717, 1.165) is 27.3 Å². The number of hydrogen-bond acceptors (Lipinski definition) is 3. The Bertz CT molecular complexity index is 1200. The number of benzene rings is 1. The fraction of sp³-hybridized carbons (Fsp3) is 0.273. The summed E-state index contributed by atoms with van der Waals surface area (Å²) in [7, 11) is 0. The number of amides is 1. The van der Waals surface area contributed by atoms with Gasteiger partial charge in [-0.3, -0.25) is 9.48 Å². The van der Waals surface area contributed by atoms with Crippen LogP contribution in [-0.2, 0) is 6.54 Å². The molecule has 0 aliphatic carbocycles. The minimum Gasteiger partial charge on any atom is -0.331 e. The molecule has 0 saturated heterocycles. The molecule has 3 heterocycles. The molecule has 0 fully saturated rings. The monoisotopic (exact) mass is 410 g/mol. The molecule has 4 aromatic rings. The minimum atomic E-state index is -0.277. The van der Waals surface area contributed by atoms with Crippen LogP contribution in [0, 0.1) is 19.7 Å². The number of anilines is 1. The van der Waals surface area contributed by atoms with Gasteiger partial charge in [0.1, 0.15) is 11.5 Å². The summed E-state index contributed by atoms with van der Waals surface area (Å²) < 4.78 is 19.0. The zero-order chi connectivity index (χ0) is 20.7. The SMILES string of the molecule is Cc1nn(C(C)C)c(C)c1NC(=O)c1cc2sccc2n1Cc1ccccc1F. The smallest absolute Gasteiger partial charge is 0.272 e. The summed E-state index contributed by atoms with van der Waals surface area (Å²) in [6.07, 6.45) is 0. The predicted molar refractivity (Wildman–Crippen MR) is 115 cm³/mol. The predicted octanol–water partition coefficient (Wildman–Crippen LogP) is 5.54. The highest BCUT2D eigenvalue weighted by molar-refractivity contribution is 7.17. The van der Waals surface area contributed by atoms with Crippen molar-refractivity contribution in [3.05, 3.63) is 70.2 Å². The van der Waals surface area contributed by atoms with Crippen LogP contribution in [0.2, 0.25) is 0 Å². The van der Waals surface area contributed by atoms with Crippen molar-refractivity contribution in [3.63, 3.8) is 0 Å². The van der Waals surface area contributed by atoms with Crippen molar-refractivity contribution < 1.29 is 9.18 Å². The second-order valence-corrected chi connectivity index (χ2v) is 8.36.